The molecule has 0 aliphatic carbocycles. The average molecular weight is 528 g/mol. The lowest BCUT2D eigenvalue weighted by Gasteiger charge is -2.26. The highest BCUT2D eigenvalue weighted by Gasteiger charge is 2.34. The molecule has 1 aromatic carbocycles. The molecular formula is C29H33N7O3. The number of rotatable bonds is 9. The van der Waals surface area contributed by atoms with Gasteiger partial charge < -0.3 is 20.9 Å². The Bertz CT molecular complexity index is 1480. The number of carbonyl (C=O) groups excluding carboxylic acids is 1. The highest BCUT2D eigenvalue weighted by atomic mass is 16.5. The maximum atomic E-state index is 12.9. The summed E-state index contributed by atoms with van der Waals surface area (Å²) in [7, 11) is 1.62. The molecule has 10 nitrogen and oxygen atoms in total. The third-order valence-corrected chi connectivity index (χ3v) is 7.01. The Balaban J connectivity index is 1.44. The smallest absolute Gasteiger partial charge is 0.256 e. The number of imidazole rings is 1. The Morgan fingerprint density at radius 1 is 1.26 bits per heavy atom. The van der Waals surface area contributed by atoms with Crippen LogP contribution in [0.2, 0.25) is 0 Å². The van der Waals surface area contributed by atoms with E-state index in [1.54, 1.807) is 37.7 Å². The molecular weight excluding hydrogens is 494 g/mol. The van der Waals surface area contributed by atoms with Crippen LogP contribution in [0.3, 0.4) is 0 Å². The van der Waals surface area contributed by atoms with Crippen LogP contribution in [0.1, 0.15) is 47.6 Å². The molecule has 1 aliphatic heterocycles. The van der Waals surface area contributed by atoms with E-state index < -0.39 is 6.23 Å². The summed E-state index contributed by atoms with van der Waals surface area (Å²) >= 11 is 0. The van der Waals surface area contributed by atoms with Gasteiger partial charge in [-0.3, -0.25) is 14.1 Å². The van der Waals surface area contributed by atoms with Crippen molar-refractivity contribution in [3.8, 4) is 11.3 Å². The number of hydrogen-bond acceptors (Lipinski definition) is 8. The molecule has 2 atom stereocenters. The minimum absolute atomic E-state index is 0.105. The average Bonchev–Trinajstić information content (AvgIpc) is 3.59. The molecule has 3 aromatic heterocycles. The van der Waals surface area contributed by atoms with Crippen molar-refractivity contribution in [2.45, 2.75) is 38.5 Å². The van der Waals surface area contributed by atoms with Crippen LogP contribution in [0.5, 0.6) is 0 Å². The van der Waals surface area contributed by atoms with Crippen LogP contribution in [0.4, 0.5) is 11.6 Å². The van der Waals surface area contributed by atoms with Crippen molar-refractivity contribution < 1.29 is 14.6 Å². The van der Waals surface area contributed by atoms with E-state index in [1.165, 1.54) is 0 Å². The number of hydrogen-bond donors (Lipinski definition) is 3. The number of aromatic nitrogens is 4. The fourth-order valence-corrected chi connectivity index (χ4v) is 5.02. The number of carbonyl (C=O) groups is 1. The number of anilines is 2. The molecule has 0 spiro atoms. The van der Waals surface area contributed by atoms with E-state index in [4.69, 9.17) is 15.5 Å². The van der Waals surface area contributed by atoms with Gasteiger partial charge in [0, 0.05) is 43.4 Å². The summed E-state index contributed by atoms with van der Waals surface area (Å²) in [5.74, 6) is 1.43. The first-order valence-corrected chi connectivity index (χ1v) is 13.1. The Morgan fingerprint density at radius 3 is 2.85 bits per heavy atom. The number of benzene rings is 1. The lowest BCUT2D eigenvalue weighted by atomic mass is 10.1. The number of nitrogen functional groups attached to an aromatic ring is 1. The predicted octanol–water partition coefficient (Wildman–Crippen LogP) is 3.85. The quantitative estimate of drug-likeness (QED) is 0.280. The Hall–Kier alpha value is -4.12. The summed E-state index contributed by atoms with van der Waals surface area (Å²) in [6, 6.07) is 10.9. The van der Waals surface area contributed by atoms with Crippen LogP contribution >= 0.6 is 0 Å². The minimum atomic E-state index is -0.757. The fraction of sp³-hybridized carbons (Fsp3) is 0.310. The second kappa shape index (κ2) is 11.7. The number of aryl methyl sites for hydroxylation is 1. The summed E-state index contributed by atoms with van der Waals surface area (Å²) in [6.45, 7) is 3.23. The first kappa shape index (κ1) is 26.5. The summed E-state index contributed by atoms with van der Waals surface area (Å²) in [6.07, 6.45) is 10.6. The Morgan fingerprint density at radius 2 is 2.08 bits per heavy atom. The van der Waals surface area contributed by atoms with Crippen molar-refractivity contribution >= 4 is 23.1 Å². The number of fused-ring (bicyclic) bond motifs is 1. The van der Waals surface area contributed by atoms with Gasteiger partial charge in [0.1, 0.15) is 34.9 Å². The number of amides is 1. The van der Waals surface area contributed by atoms with Gasteiger partial charge in [-0.25, -0.2) is 15.0 Å². The monoisotopic (exact) mass is 527 g/mol. The van der Waals surface area contributed by atoms with Crippen molar-refractivity contribution in [3.05, 3.63) is 84.1 Å². The zero-order valence-electron chi connectivity index (χ0n) is 22.1. The molecule has 202 valence electrons. The van der Waals surface area contributed by atoms with Gasteiger partial charge in [0.2, 0.25) is 0 Å². The van der Waals surface area contributed by atoms with E-state index in [0.717, 1.165) is 42.8 Å². The van der Waals surface area contributed by atoms with Gasteiger partial charge in [0.15, 0.2) is 0 Å². The number of methoxy groups -OCH3 is 1. The molecule has 4 N–H and O–H groups in total. The number of nitrogens with two attached hydrogens (primary N) is 1. The van der Waals surface area contributed by atoms with E-state index in [2.05, 4.69) is 22.2 Å². The van der Waals surface area contributed by atoms with E-state index in [9.17, 15) is 9.90 Å². The van der Waals surface area contributed by atoms with Crippen molar-refractivity contribution in [1.29, 1.82) is 0 Å². The van der Waals surface area contributed by atoms with Gasteiger partial charge in [0.05, 0.1) is 12.6 Å². The van der Waals surface area contributed by atoms with Crippen LogP contribution in [-0.4, -0.2) is 61.8 Å². The maximum absolute atomic E-state index is 12.9. The van der Waals surface area contributed by atoms with Crippen LogP contribution < -0.4 is 11.1 Å². The van der Waals surface area contributed by atoms with Crippen molar-refractivity contribution in [3.63, 3.8) is 0 Å². The topological polar surface area (TPSA) is 131 Å². The number of nitrogens with one attached hydrogen (secondary N) is 1. The number of aliphatic hydroxyl groups is 1. The molecule has 0 bridgehead atoms. The van der Waals surface area contributed by atoms with Crippen molar-refractivity contribution in [2.75, 3.05) is 31.3 Å². The number of nitrogens with zero attached hydrogens (tertiary/aromatic N) is 5. The summed E-state index contributed by atoms with van der Waals surface area (Å²) < 4.78 is 7.03. The molecule has 4 aromatic rings. The van der Waals surface area contributed by atoms with Crippen LogP contribution in [0.15, 0.2) is 67.1 Å². The van der Waals surface area contributed by atoms with Gasteiger partial charge in [-0.15, -0.1) is 0 Å². The van der Waals surface area contributed by atoms with Gasteiger partial charge in [-0.2, -0.15) is 0 Å². The summed E-state index contributed by atoms with van der Waals surface area (Å²) in [5, 5.41) is 13.7. The van der Waals surface area contributed by atoms with Gasteiger partial charge in [-0.05, 0) is 55.2 Å². The predicted molar refractivity (Wildman–Crippen MR) is 150 cm³/mol. The van der Waals surface area contributed by atoms with E-state index in [0.29, 0.717) is 35.0 Å². The molecule has 1 aliphatic rings. The third kappa shape index (κ3) is 5.53. The maximum Gasteiger partial charge on any atom is 0.256 e. The molecule has 5 rings (SSSR count). The Kier molecular flexibility index (Phi) is 7.97. The van der Waals surface area contributed by atoms with Crippen molar-refractivity contribution in [1.82, 2.24) is 24.3 Å². The second-order valence-corrected chi connectivity index (χ2v) is 9.48. The molecule has 1 saturated heterocycles. The molecule has 4 heterocycles. The van der Waals surface area contributed by atoms with E-state index >= 15 is 0 Å². The number of pyridine rings is 1. The third-order valence-electron chi connectivity index (χ3n) is 7.01. The van der Waals surface area contributed by atoms with Crippen LogP contribution in [0.25, 0.3) is 16.8 Å². The highest BCUT2D eigenvalue weighted by molar-refractivity contribution is 6.04. The van der Waals surface area contributed by atoms with Crippen molar-refractivity contribution in [2.24, 2.45) is 0 Å². The highest BCUT2D eigenvalue weighted by Crippen LogP contribution is 2.37. The standard InChI is InChI=1S/C29H33N7O3/c1-3-19-12-13-31-23(18-19)33-29(38)21-10-8-20(9-11-21)25-26-27(30)32-14-16-36(26)28(34-25)22-6-4-15-35(22)24(37)7-5-17-39-2/h5,7-14,16,18,22,24,37H,3-4,6,15,17H2,1-2H3,(H2,30,32)(H,31,33,38)/b7-5+/t22-,24?/m0/s1. The van der Waals surface area contributed by atoms with Crippen LogP contribution in [0, 0.1) is 0 Å². The summed E-state index contributed by atoms with van der Waals surface area (Å²) in [4.78, 5) is 28.5. The number of likely N-dealkylation sites (tertiary alicyclic amines) is 1. The zero-order valence-corrected chi connectivity index (χ0v) is 22.1. The molecule has 0 saturated carbocycles. The molecule has 1 amide bonds. The molecule has 1 fully saturated rings. The molecule has 39 heavy (non-hydrogen) atoms. The van der Waals surface area contributed by atoms with Gasteiger partial charge >= 0.3 is 0 Å². The summed E-state index contributed by atoms with van der Waals surface area (Å²) in [5.41, 5.74) is 10.1. The first-order chi connectivity index (χ1) is 19.0. The lowest BCUT2D eigenvalue weighted by molar-refractivity contribution is 0.0286. The SMILES string of the molecule is CCc1ccnc(NC(=O)c2ccc(-c3nc([C@@H]4CCCN4C(O)/C=C/COC)n4ccnc(N)c34)cc2)c1. The molecule has 0 radical (unpaired) electrons. The van der Waals surface area contributed by atoms with Gasteiger partial charge in [-0.1, -0.05) is 25.1 Å². The number of aliphatic hydroxyl groups excluding tert-OH is 1. The minimum Gasteiger partial charge on any atom is -0.382 e. The van der Waals surface area contributed by atoms with Gasteiger partial charge in [0.25, 0.3) is 5.91 Å². The largest absolute Gasteiger partial charge is 0.382 e. The fourth-order valence-electron chi connectivity index (χ4n) is 5.02. The molecule has 1 unspecified atom stereocenters. The first-order valence-electron chi connectivity index (χ1n) is 13.1. The van der Waals surface area contributed by atoms with Crippen LogP contribution in [-0.2, 0) is 11.2 Å². The van der Waals surface area contributed by atoms with E-state index in [-0.39, 0.29) is 11.9 Å². The number of ether oxygens (including phenoxy) is 1. The lowest BCUT2D eigenvalue weighted by Crippen LogP contribution is -2.34. The normalized spacial score (nSPS) is 16.7. The second-order valence-electron chi connectivity index (χ2n) is 9.48. The van der Waals surface area contributed by atoms with E-state index in [1.807, 2.05) is 45.8 Å². The molecule has 10 heteroatoms. The Labute approximate surface area is 227 Å². The zero-order chi connectivity index (χ0) is 27.4.